The van der Waals surface area contributed by atoms with E-state index < -0.39 is 11.4 Å². The van der Waals surface area contributed by atoms with Crippen molar-refractivity contribution in [1.82, 2.24) is 4.98 Å². The van der Waals surface area contributed by atoms with Gasteiger partial charge >= 0.3 is 0 Å². The Hall–Kier alpha value is -1.00. The summed E-state index contributed by atoms with van der Waals surface area (Å²) in [6.45, 7) is 4.08. The number of nitrogens with two attached hydrogens (primary N) is 1. The van der Waals surface area contributed by atoms with Crippen molar-refractivity contribution in [3.05, 3.63) is 29.8 Å². The molecule has 2 unspecified atom stereocenters. The minimum absolute atomic E-state index is 0.111. The minimum Gasteiger partial charge on any atom is -0.383 e. The molecule has 15 heavy (non-hydrogen) atoms. The van der Waals surface area contributed by atoms with Crippen LogP contribution >= 0.6 is 0 Å². The smallest absolute Gasteiger partial charge is 0.141 e. The molecule has 0 saturated carbocycles. The van der Waals surface area contributed by atoms with Crippen LogP contribution in [0, 0.1) is 11.7 Å². The number of hydrogen-bond donors (Lipinski definition) is 2. The first-order valence-corrected chi connectivity index (χ1v) is 5.09. The summed E-state index contributed by atoms with van der Waals surface area (Å²) < 4.78 is 12.7. The third kappa shape index (κ3) is 2.33. The predicted molar refractivity (Wildman–Crippen MR) is 56.6 cm³/mol. The molecule has 1 aromatic heterocycles. The lowest BCUT2D eigenvalue weighted by molar-refractivity contribution is -0.0216. The van der Waals surface area contributed by atoms with Crippen LogP contribution in [0.15, 0.2) is 18.3 Å². The van der Waals surface area contributed by atoms with Gasteiger partial charge in [-0.3, -0.25) is 4.98 Å². The molecule has 3 N–H and O–H groups in total. The molecule has 0 aromatic carbocycles. The molecule has 1 aromatic rings. The molecule has 0 saturated heterocycles. The Morgan fingerprint density at radius 1 is 1.60 bits per heavy atom. The largest absolute Gasteiger partial charge is 0.383 e. The molecule has 0 amide bonds. The van der Waals surface area contributed by atoms with Crippen LogP contribution in [0.3, 0.4) is 0 Å². The molecule has 3 nitrogen and oxygen atoms in total. The first-order chi connectivity index (χ1) is 7.04. The highest BCUT2D eigenvalue weighted by Gasteiger charge is 2.34. The summed E-state index contributed by atoms with van der Waals surface area (Å²) in [7, 11) is 0. The van der Waals surface area contributed by atoms with Gasteiger partial charge < -0.3 is 10.8 Å². The molecular weight excluding hydrogens is 195 g/mol. The Balaban J connectivity index is 3.05. The fourth-order valence-corrected chi connectivity index (χ4v) is 1.61. The van der Waals surface area contributed by atoms with Gasteiger partial charge in [-0.25, -0.2) is 4.39 Å². The van der Waals surface area contributed by atoms with Crippen molar-refractivity contribution in [1.29, 1.82) is 0 Å². The first-order valence-electron chi connectivity index (χ1n) is 5.09. The second kappa shape index (κ2) is 4.68. The van der Waals surface area contributed by atoms with Gasteiger partial charge in [-0.1, -0.05) is 13.8 Å². The third-order valence-corrected chi connectivity index (χ3v) is 2.88. The molecular formula is C11H17FN2O. The van der Waals surface area contributed by atoms with E-state index in [4.69, 9.17) is 5.73 Å². The molecule has 1 rings (SSSR count). The fraction of sp³-hybridized carbons (Fsp3) is 0.545. The van der Waals surface area contributed by atoms with Crippen LogP contribution in [-0.4, -0.2) is 16.6 Å². The monoisotopic (exact) mass is 212 g/mol. The number of nitrogens with zero attached hydrogens (tertiary/aromatic N) is 1. The highest BCUT2D eigenvalue weighted by Crippen LogP contribution is 2.30. The van der Waals surface area contributed by atoms with Crippen LogP contribution in [0.5, 0.6) is 0 Å². The van der Waals surface area contributed by atoms with Crippen LogP contribution in [0.25, 0.3) is 0 Å². The average Bonchev–Trinajstić information content (AvgIpc) is 2.27. The summed E-state index contributed by atoms with van der Waals surface area (Å²) in [6, 6.07) is 2.80. The van der Waals surface area contributed by atoms with E-state index in [1.807, 2.05) is 13.8 Å². The molecule has 0 aliphatic heterocycles. The van der Waals surface area contributed by atoms with Crippen LogP contribution < -0.4 is 5.73 Å². The molecule has 84 valence electrons. The zero-order valence-corrected chi connectivity index (χ0v) is 9.07. The number of aromatic nitrogens is 1. The number of aliphatic hydroxyl groups is 1. The normalized spacial score (nSPS) is 17.1. The number of hydrogen-bond acceptors (Lipinski definition) is 3. The Labute approximate surface area is 89.1 Å². The Bertz CT molecular complexity index is 315. The summed E-state index contributed by atoms with van der Waals surface area (Å²) in [6.07, 6.45) is 1.61. The average molecular weight is 212 g/mol. The number of halogens is 1. The van der Waals surface area contributed by atoms with E-state index in [1.165, 1.54) is 12.1 Å². The summed E-state index contributed by atoms with van der Waals surface area (Å²) in [4.78, 5) is 3.91. The van der Waals surface area contributed by atoms with E-state index in [2.05, 4.69) is 4.98 Å². The maximum atomic E-state index is 12.7. The molecule has 0 fully saturated rings. The maximum absolute atomic E-state index is 12.7. The van der Waals surface area contributed by atoms with Crippen molar-refractivity contribution in [2.75, 3.05) is 6.54 Å². The lowest BCUT2D eigenvalue weighted by atomic mass is 9.83. The molecule has 2 atom stereocenters. The Morgan fingerprint density at radius 2 is 2.27 bits per heavy atom. The van der Waals surface area contributed by atoms with E-state index in [0.29, 0.717) is 18.7 Å². The predicted octanol–water partition coefficient (Wildman–Crippen LogP) is 1.41. The first kappa shape index (κ1) is 12.1. The van der Waals surface area contributed by atoms with E-state index in [-0.39, 0.29) is 5.92 Å². The van der Waals surface area contributed by atoms with Gasteiger partial charge in [0.1, 0.15) is 11.4 Å². The molecule has 0 radical (unpaired) electrons. The Kier molecular flexibility index (Phi) is 3.77. The van der Waals surface area contributed by atoms with E-state index in [1.54, 1.807) is 0 Å². The fourth-order valence-electron chi connectivity index (χ4n) is 1.61. The van der Waals surface area contributed by atoms with Crippen molar-refractivity contribution in [3.63, 3.8) is 0 Å². The molecule has 0 spiro atoms. The van der Waals surface area contributed by atoms with E-state index >= 15 is 0 Å². The topological polar surface area (TPSA) is 59.1 Å². The van der Waals surface area contributed by atoms with Crippen LogP contribution in [0.4, 0.5) is 4.39 Å². The molecule has 0 aliphatic carbocycles. The van der Waals surface area contributed by atoms with Gasteiger partial charge in [0, 0.05) is 5.92 Å². The Morgan fingerprint density at radius 3 is 2.67 bits per heavy atom. The third-order valence-electron chi connectivity index (χ3n) is 2.88. The van der Waals surface area contributed by atoms with E-state index in [9.17, 15) is 9.50 Å². The molecule has 0 bridgehead atoms. The molecule has 1 heterocycles. The van der Waals surface area contributed by atoms with Crippen molar-refractivity contribution in [3.8, 4) is 0 Å². The van der Waals surface area contributed by atoms with Crippen LogP contribution in [0.2, 0.25) is 0 Å². The number of pyridine rings is 1. The van der Waals surface area contributed by atoms with E-state index in [0.717, 1.165) is 6.20 Å². The standard InChI is InChI=1S/C11H17FN2O/c1-3-11(15,8(2)6-13)10-5-4-9(12)7-14-10/h4-5,7-8,15H,3,6,13H2,1-2H3. The summed E-state index contributed by atoms with van der Waals surface area (Å²) >= 11 is 0. The lowest BCUT2D eigenvalue weighted by Gasteiger charge is -2.31. The highest BCUT2D eigenvalue weighted by atomic mass is 19.1. The van der Waals surface area contributed by atoms with Gasteiger partial charge in [-0.15, -0.1) is 0 Å². The van der Waals surface area contributed by atoms with Crippen molar-refractivity contribution >= 4 is 0 Å². The second-order valence-corrected chi connectivity index (χ2v) is 3.78. The van der Waals surface area contributed by atoms with Gasteiger partial charge in [0.15, 0.2) is 0 Å². The molecule has 0 aliphatic rings. The summed E-state index contributed by atoms with van der Waals surface area (Å²) in [5, 5.41) is 10.4. The van der Waals surface area contributed by atoms with Gasteiger partial charge in [0.05, 0.1) is 11.9 Å². The molecule has 4 heteroatoms. The zero-order valence-electron chi connectivity index (χ0n) is 9.07. The van der Waals surface area contributed by atoms with Gasteiger partial charge in [-0.2, -0.15) is 0 Å². The van der Waals surface area contributed by atoms with Crippen molar-refractivity contribution < 1.29 is 9.50 Å². The van der Waals surface area contributed by atoms with Gasteiger partial charge in [0.2, 0.25) is 0 Å². The SMILES string of the molecule is CCC(O)(c1ccc(F)cn1)C(C)CN. The van der Waals surface area contributed by atoms with Crippen molar-refractivity contribution in [2.45, 2.75) is 25.9 Å². The van der Waals surface area contributed by atoms with Crippen LogP contribution in [0.1, 0.15) is 26.0 Å². The summed E-state index contributed by atoms with van der Waals surface area (Å²) in [5.74, 6) is -0.516. The maximum Gasteiger partial charge on any atom is 0.141 e. The quantitative estimate of drug-likeness (QED) is 0.793. The van der Waals surface area contributed by atoms with Crippen LogP contribution in [-0.2, 0) is 5.60 Å². The van der Waals surface area contributed by atoms with Gasteiger partial charge in [0.25, 0.3) is 0 Å². The minimum atomic E-state index is -1.07. The number of rotatable bonds is 4. The second-order valence-electron chi connectivity index (χ2n) is 3.78. The van der Waals surface area contributed by atoms with Crippen molar-refractivity contribution in [2.24, 2.45) is 11.7 Å². The highest BCUT2D eigenvalue weighted by molar-refractivity contribution is 5.14. The van der Waals surface area contributed by atoms with Gasteiger partial charge in [-0.05, 0) is 25.1 Å². The lowest BCUT2D eigenvalue weighted by Crippen LogP contribution is -2.38. The zero-order chi connectivity index (χ0) is 11.5. The summed E-state index contributed by atoms with van der Waals surface area (Å²) in [5.41, 5.74) is 4.95.